The fourth-order valence-electron chi connectivity index (χ4n) is 2.01. The highest BCUT2D eigenvalue weighted by Crippen LogP contribution is 2.23. The lowest BCUT2D eigenvalue weighted by molar-refractivity contribution is 0.0506. The number of aliphatic hydroxyl groups excluding tert-OH is 1. The van der Waals surface area contributed by atoms with Gasteiger partial charge in [-0.05, 0) is 52.7 Å². The van der Waals surface area contributed by atoms with E-state index in [1.807, 2.05) is 6.92 Å². The Bertz CT molecular complexity index is 514. The number of rotatable bonds is 7. The van der Waals surface area contributed by atoms with Gasteiger partial charge in [-0.25, -0.2) is 9.18 Å². The van der Waals surface area contributed by atoms with Gasteiger partial charge < -0.3 is 19.9 Å². The molecule has 0 saturated heterocycles. The summed E-state index contributed by atoms with van der Waals surface area (Å²) in [6, 6.07) is 4.43. The van der Waals surface area contributed by atoms with Crippen LogP contribution in [0.1, 0.15) is 39.7 Å². The van der Waals surface area contributed by atoms with Gasteiger partial charge in [-0.1, -0.05) is 6.07 Å². The Morgan fingerprint density at radius 2 is 2.09 bits per heavy atom. The van der Waals surface area contributed by atoms with Crippen molar-refractivity contribution in [2.24, 2.45) is 0 Å². The largest absolute Gasteiger partial charge is 0.491 e. The summed E-state index contributed by atoms with van der Waals surface area (Å²) in [6.07, 6.45) is 0.454. The zero-order valence-corrected chi connectivity index (χ0v) is 14.2. The summed E-state index contributed by atoms with van der Waals surface area (Å²) in [5, 5.41) is 11.5. The molecular formula is C17H26FNO4. The number of ether oxygens (including phenoxy) is 2. The first kappa shape index (κ1) is 19.2. The topological polar surface area (TPSA) is 67.8 Å². The monoisotopic (exact) mass is 327 g/mol. The Hall–Kier alpha value is -1.82. The van der Waals surface area contributed by atoms with E-state index in [2.05, 4.69) is 5.32 Å². The van der Waals surface area contributed by atoms with Crippen molar-refractivity contribution < 1.29 is 23.8 Å². The van der Waals surface area contributed by atoms with Crippen molar-refractivity contribution >= 4 is 6.09 Å². The Morgan fingerprint density at radius 1 is 1.39 bits per heavy atom. The predicted octanol–water partition coefficient (Wildman–Crippen LogP) is 3.04. The van der Waals surface area contributed by atoms with E-state index in [4.69, 9.17) is 14.6 Å². The highest BCUT2D eigenvalue weighted by molar-refractivity contribution is 5.68. The number of halogens is 1. The maximum absolute atomic E-state index is 14.0. The lowest BCUT2D eigenvalue weighted by Crippen LogP contribution is -2.37. The molecule has 1 rings (SSSR count). The van der Waals surface area contributed by atoms with E-state index in [0.717, 1.165) is 0 Å². The summed E-state index contributed by atoms with van der Waals surface area (Å²) in [5.41, 5.74) is -0.112. The lowest BCUT2D eigenvalue weighted by atomic mass is 10.0. The summed E-state index contributed by atoms with van der Waals surface area (Å²) >= 11 is 0. The second-order valence-corrected chi connectivity index (χ2v) is 6.37. The van der Waals surface area contributed by atoms with Crippen LogP contribution < -0.4 is 10.1 Å². The molecule has 0 aliphatic rings. The molecule has 0 spiro atoms. The molecule has 0 radical (unpaired) electrons. The number of alkyl carbamates (subject to hydrolysis) is 1. The summed E-state index contributed by atoms with van der Waals surface area (Å²) in [4.78, 5) is 11.7. The number of benzene rings is 1. The van der Waals surface area contributed by atoms with Crippen LogP contribution in [0.2, 0.25) is 0 Å². The van der Waals surface area contributed by atoms with Crippen LogP contribution in [0.4, 0.5) is 9.18 Å². The fraction of sp³-hybridized carbons (Fsp3) is 0.588. The molecule has 1 amide bonds. The number of amides is 1. The van der Waals surface area contributed by atoms with Crippen molar-refractivity contribution in [2.75, 3.05) is 13.2 Å². The van der Waals surface area contributed by atoms with Gasteiger partial charge in [0.05, 0.1) is 6.61 Å². The first-order valence-corrected chi connectivity index (χ1v) is 7.73. The third-order valence-corrected chi connectivity index (χ3v) is 3.02. The highest BCUT2D eigenvalue weighted by atomic mass is 19.1. The Kier molecular flexibility index (Phi) is 7.29. The second-order valence-electron chi connectivity index (χ2n) is 6.37. The van der Waals surface area contributed by atoms with Gasteiger partial charge in [-0.2, -0.15) is 0 Å². The van der Waals surface area contributed by atoms with E-state index in [1.54, 1.807) is 32.9 Å². The van der Waals surface area contributed by atoms with Gasteiger partial charge in [0.1, 0.15) is 23.8 Å². The molecule has 0 aromatic heterocycles. The molecule has 0 heterocycles. The molecule has 1 aromatic rings. The SMILES string of the molecule is C[C@H](CCc1c(F)cccc1OCCO)NC(=O)OC(C)(C)C. The molecular weight excluding hydrogens is 301 g/mol. The van der Waals surface area contributed by atoms with Crippen molar-refractivity contribution in [3.05, 3.63) is 29.6 Å². The molecule has 2 N–H and O–H groups in total. The normalized spacial score (nSPS) is 12.6. The minimum atomic E-state index is -0.555. The molecule has 0 bridgehead atoms. The number of aliphatic hydroxyl groups is 1. The Balaban J connectivity index is 2.58. The maximum atomic E-state index is 14.0. The number of carbonyl (C=O) groups is 1. The molecule has 6 heteroatoms. The van der Waals surface area contributed by atoms with Crippen molar-refractivity contribution in [3.8, 4) is 5.75 Å². The van der Waals surface area contributed by atoms with Crippen LogP contribution in [0.5, 0.6) is 5.75 Å². The first-order valence-electron chi connectivity index (χ1n) is 7.73. The molecule has 0 unspecified atom stereocenters. The van der Waals surface area contributed by atoms with Gasteiger partial charge in [0.2, 0.25) is 0 Å². The lowest BCUT2D eigenvalue weighted by Gasteiger charge is -2.22. The van der Waals surface area contributed by atoms with E-state index < -0.39 is 11.7 Å². The number of nitrogens with one attached hydrogen (secondary N) is 1. The molecule has 0 aliphatic heterocycles. The standard InChI is InChI=1S/C17H26FNO4/c1-12(19-16(21)23-17(2,3)4)8-9-13-14(18)6-5-7-15(13)22-11-10-20/h5-7,12,20H,8-11H2,1-4H3,(H,19,21)/t12-/m1/s1. The average Bonchev–Trinajstić information content (AvgIpc) is 2.41. The number of hydrogen-bond acceptors (Lipinski definition) is 4. The van der Waals surface area contributed by atoms with Gasteiger partial charge in [-0.15, -0.1) is 0 Å². The molecule has 5 nitrogen and oxygen atoms in total. The van der Waals surface area contributed by atoms with E-state index >= 15 is 0 Å². The van der Waals surface area contributed by atoms with E-state index in [0.29, 0.717) is 24.2 Å². The van der Waals surface area contributed by atoms with Crippen molar-refractivity contribution in [1.29, 1.82) is 0 Å². The zero-order valence-electron chi connectivity index (χ0n) is 14.2. The van der Waals surface area contributed by atoms with Gasteiger partial charge in [0, 0.05) is 11.6 Å². The minimum Gasteiger partial charge on any atom is -0.491 e. The average molecular weight is 327 g/mol. The molecule has 1 atom stereocenters. The van der Waals surface area contributed by atoms with Crippen LogP contribution in [-0.4, -0.2) is 36.1 Å². The third-order valence-electron chi connectivity index (χ3n) is 3.02. The first-order chi connectivity index (χ1) is 10.7. The number of hydrogen-bond donors (Lipinski definition) is 2. The van der Waals surface area contributed by atoms with E-state index in [9.17, 15) is 9.18 Å². The van der Waals surface area contributed by atoms with Gasteiger partial charge in [0.15, 0.2) is 0 Å². The summed E-state index contributed by atoms with van der Waals surface area (Å²) in [7, 11) is 0. The maximum Gasteiger partial charge on any atom is 0.407 e. The quantitative estimate of drug-likeness (QED) is 0.808. The summed E-state index contributed by atoms with van der Waals surface area (Å²) in [5.74, 6) is 0.0634. The van der Waals surface area contributed by atoms with Crippen LogP contribution in [0.25, 0.3) is 0 Å². The van der Waals surface area contributed by atoms with Crippen molar-refractivity contribution in [3.63, 3.8) is 0 Å². The van der Waals surface area contributed by atoms with Crippen LogP contribution in [0.15, 0.2) is 18.2 Å². The summed E-state index contributed by atoms with van der Waals surface area (Å²) in [6.45, 7) is 7.19. The second kappa shape index (κ2) is 8.72. The van der Waals surface area contributed by atoms with Crippen LogP contribution in [-0.2, 0) is 11.2 Å². The van der Waals surface area contributed by atoms with Gasteiger partial charge in [-0.3, -0.25) is 0 Å². The Labute approximate surface area is 136 Å². The van der Waals surface area contributed by atoms with Crippen molar-refractivity contribution in [2.45, 2.75) is 52.2 Å². The van der Waals surface area contributed by atoms with Crippen LogP contribution in [0, 0.1) is 5.82 Å². The molecule has 1 aromatic carbocycles. The van der Waals surface area contributed by atoms with Crippen molar-refractivity contribution in [1.82, 2.24) is 5.32 Å². The molecule has 0 fully saturated rings. The number of carbonyl (C=O) groups excluding carboxylic acids is 1. The van der Waals surface area contributed by atoms with Crippen LogP contribution in [0.3, 0.4) is 0 Å². The zero-order chi connectivity index (χ0) is 17.5. The molecule has 130 valence electrons. The van der Waals surface area contributed by atoms with E-state index in [-0.39, 0.29) is 25.1 Å². The molecule has 0 saturated carbocycles. The minimum absolute atomic E-state index is 0.113. The van der Waals surface area contributed by atoms with E-state index in [1.165, 1.54) is 6.07 Å². The molecule has 0 aliphatic carbocycles. The highest BCUT2D eigenvalue weighted by Gasteiger charge is 2.18. The molecule has 23 heavy (non-hydrogen) atoms. The fourth-order valence-corrected chi connectivity index (χ4v) is 2.01. The predicted molar refractivity (Wildman–Crippen MR) is 86.1 cm³/mol. The smallest absolute Gasteiger partial charge is 0.407 e. The van der Waals surface area contributed by atoms with Crippen LogP contribution >= 0.6 is 0 Å². The Morgan fingerprint density at radius 3 is 2.70 bits per heavy atom. The third kappa shape index (κ3) is 7.32. The van der Waals surface area contributed by atoms with Gasteiger partial charge >= 0.3 is 6.09 Å². The van der Waals surface area contributed by atoms with Gasteiger partial charge in [0.25, 0.3) is 0 Å². The summed E-state index contributed by atoms with van der Waals surface area (Å²) < 4.78 is 24.5.